The summed E-state index contributed by atoms with van der Waals surface area (Å²) in [7, 11) is 1.65. The first kappa shape index (κ1) is 27.5. The number of likely N-dealkylation sites (tertiary alicyclic amines) is 1. The third-order valence-electron chi connectivity index (χ3n) is 7.76. The Balaban J connectivity index is 1.65. The summed E-state index contributed by atoms with van der Waals surface area (Å²) in [5, 5.41) is 4.14. The molecule has 1 heterocycles. The SMILES string of the molecule is C=CCN1CC[C@@]2(c3cccc(OC)c3)C[C@@H](NC(=O)Cc3ccc(Cl)c(Cl)c3)CC[C@]2(OC(C)=O)C1. The first-order valence-electron chi connectivity index (χ1n) is 12.6. The lowest BCUT2D eigenvalue weighted by Gasteiger charge is -2.59. The fourth-order valence-electron chi connectivity index (χ4n) is 6.18. The lowest BCUT2D eigenvalue weighted by molar-refractivity contribution is -0.186. The Labute approximate surface area is 228 Å². The van der Waals surface area contributed by atoms with Crippen molar-refractivity contribution >= 4 is 35.1 Å². The Morgan fingerprint density at radius 3 is 2.70 bits per heavy atom. The second-order valence-electron chi connectivity index (χ2n) is 10.1. The molecule has 0 bridgehead atoms. The maximum Gasteiger partial charge on any atom is 0.303 e. The molecule has 2 aromatic carbocycles. The number of esters is 1. The summed E-state index contributed by atoms with van der Waals surface area (Å²) in [4.78, 5) is 27.8. The van der Waals surface area contributed by atoms with E-state index in [0.29, 0.717) is 35.9 Å². The van der Waals surface area contributed by atoms with E-state index >= 15 is 0 Å². The largest absolute Gasteiger partial charge is 0.497 e. The minimum atomic E-state index is -0.725. The van der Waals surface area contributed by atoms with Gasteiger partial charge in [-0.3, -0.25) is 14.5 Å². The lowest BCUT2D eigenvalue weighted by atomic mass is 9.55. The summed E-state index contributed by atoms with van der Waals surface area (Å²) in [5.41, 5.74) is 0.661. The molecule has 0 spiro atoms. The number of hydrogen-bond donors (Lipinski definition) is 1. The quantitative estimate of drug-likeness (QED) is 0.358. The fourth-order valence-corrected chi connectivity index (χ4v) is 6.50. The van der Waals surface area contributed by atoms with Crippen molar-refractivity contribution in [3.8, 4) is 5.75 Å². The third kappa shape index (κ3) is 5.82. The van der Waals surface area contributed by atoms with E-state index in [1.165, 1.54) is 6.92 Å². The smallest absolute Gasteiger partial charge is 0.303 e. The number of nitrogens with zero attached hydrogens (tertiary/aromatic N) is 1. The van der Waals surface area contributed by atoms with Crippen LogP contribution in [-0.2, 0) is 26.2 Å². The standard InChI is InChI=1S/C29H34Cl2N2O4/c1-4-13-33-14-12-28(22-6-5-7-24(17-22)36-3)18-23(10-11-29(28,19-33)37-20(2)34)32-27(35)16-21-8-9-25(30)26(31)15-21/h4-9,15,17,23H,1,10-14,16,18-19H2,2-3H3,(H,32,35)/t23-,28-,29-/m0/s1. The van der Waals surface area contributed by atoms with Gasteiger partial charge in [-0.05, 0) is 67.6 Å². The summed E-state index contributed by atoms with van der Waals surface area (Å²) in [6, 6.07) is 13.2. The van der Waals surface area contributed by atoms with Crippen LogP contribution >= 0.6 is 23.2 Å². The second kappa shape index (κ2) is 11.5. The van der Waals surface area contributed by atoms with Crippen LogP contribution < -0.4 is 10.1 Å². The molecule has 4 rings (SSSR count). The van der Waals surface area contributed by atoms with Gasteiger partial charge in [0.25, 0.3) is 0 Å². The maximum atomic E-state index is 13.1. The van der Waals surface area contributed by atoms with Gasteiger partial charge in [0.2, 0.25) is 5.91 Å². The zero-order valence-corrected chi connectivity index (χ0v) is 22.9. The number of benzene rings is 2. The highest BCUT2D eigenvalue weighted by Crippen LogP contribution is 2.54. The summed E-state index contributed by atoms with van der Waals surface area (Å²) in [6.07, 6.45) is 4.86. The van der Waals surface area contributed by atoms with Crippen molar-refractivity contribution < 1.29 is 19.1 Å². The van der Waals surface area contributed by atoms with Crippen LogP contribution in [0.4, 0.5) is 0 Å². The summed E-state index contributed by atoms with van der Waals surface area (Å²) in [6.45, 7) is 7.54. The van der Waals surface area contributed by atoms with Gasteiger partial charge < -0.3 is 14.8 Å². The molecule has 2 aromatic rings. The molecule has 37 heavy (non-hydrogen) atoms. The van der Waals surface area contributed by atoms with E-state index < -0.39 is 11.0 Å². The van der Waals surface area contributed by atoms with Crippen LogP contribution in [0.2, 0.25) is 10.0 Å². The molecule has 198 valence electrons. The number of halogens is 2. The minimum absolute atomic E-state index is 0.0730. The van der Waals surface area contributed by atoms with E-state index in [0.717, 1.165) is 36.4 Å². The highest BCUT2D eigenvalue weighted by Gasteiger charge is 2.60. The van der Waals surface area contributed by atoms with Gasteiger partial charge in [-0.15, -0.1) is 6.58 Å². The predicted molar refractivity (Wildman–Crippen MR) is 146 cm³/mol. The molecule has 2 aliphatic rings. The third-order valence-corrected chi connectivity index (χ3v) is 8.50. The van der Waals surface area contributed by atoms with Crippen molar-refractivity contribution in [2.45, 2.75) is 56.1 Å². The Hall–Kier alpha value is -2.54. The van der Waals surface area contributed by atoms with Crippen LogP contribution in [0.1, 0.15) is 43.7 Å². The average molecular weight is 546 g/mol. The van der Waals surface area contributed by atoms with E-state index in [1.807, 2.05) is 30.3 Å². The zero-order chi connectivity index (χ0) is 26.6. The highest BCUT2D eigenvalue weighted by atomic mass is 35.5. The number of nitrogens with one attached hydrogen (secondary N) is 1. The van der Waals surface area contributed by atoms with Crippen LogP contribution in [0.5, 0.6) is 5.75 Å². The van der Waals surface area contributed by atoms with Gasteiger partial charge in [-0.25, -0.2) is 0 Å². The average Bonchev–Trinajstić information content (AvgIpc) is 2.86. The van der Waals surface area contributed by atoms with Gasteiger partial charge in [0, 0.05) is 31.5 Å². The van der Waals surface area contributed by atoms with E-state index in [2.05, 4.69) is 22.9 Å². The van der Waals surface area contributed by atoms with Crippen molar-refractivity contribution in [1.29, 1.82) is 0 Å². The molecule has 0 radical (unpaired) electrons. The number of piperidine rings is 1. The van der Waals surface area contributed by atoms with Gasteiger partial charge in [0.1, 0.15) is 11.4 Å². The number of fused-ring (bicyclic) bond motifs is 1. The first-order valence-corrected chi connectivity index (χ1v) is 13.4. The number of carbonyl (C=O) groups is 2. The molecule has 1 aliphatic carbocycles. The molecule has 2 fully saturated rings. The van der Waals surface area contributed by atoms with Crippen molar-refractivity contribution in [2.24, 2.45) is 0 Å². The van der Waals surface area contributed by atoms with Gasteiger partial charge in [0.05, 0.1) is 23.6 Å². The van der Waals surface area contributed by atoms with Crippen LogP contribution in [0.3, 0.4) is 0 Å². The van der Waals surface area contributed by atoms with Gasteiger partial charge >= 0.3 is 5.97 Å². The number of amides is 1. The van der Waals surface area contributed by atoms with Crippen molar-refractivity contribution in [3.05, 3.63) is 76.3 Å². The van der Waals surface area contributed by atoms with E-state index in [4.69, 9.17) is 32.7 Å². The lowest BCUT2D eigenvalue weighted by Crippen LogP contribution is -2.68. The van der Waals surface area contributed by atoms with Crippen LogP contribution in [0.15, 0.2) is 55.1 Å². The Morgan fingerprint density at radius 2 is 2.00 bits per heavy atom. The normalized spacial score (nSPS) is 25.6. The molecule has 1 amide bonds. The number of ether oxygens (including phenoxy) is 2. The van der Waals surface area contributed by atoms with E-state index in [1.54, 1.807) is 19.2 Å². The van der Waals surface area contributed by atoms with E-state index in [-0.39, 0.29) is 24.3 Å². The van der Waals surface area contributed by atoms with Crippen LogP contribution in [-0.4, -0.2) is 55.2 Å². The van der Waals surface area contributed by atoms with Crippen LogP contribution in [0.25, 0.3) is 0 Å². The summed E-state index contributed by atoms with van der Waals surface area (Å²) in [5.74, 6) is 0.381. The highest BCUT2D eigenvalue weighted by molar-refractivity contribution is 6.42. The first-order chi connectivity index (χ1) is 17.7. The molecule has 1 aliphatic heterocycles. The zero-order valence-electron chi connectivity index (χ0n) is 21.4. The minimum Gasteiger partial charge on any atom is -0.497 e. The van der Waals surface area contributed by atoms with Gasteiger partial charge in [-0.1, -0.05) is 47.5 Å². The van der Waals surface area contributed by atoms with E-state index in [9.17, 15) is 9.59 Å². The maximum absolute atomic E-state index is 13.1. The Bertz CT molecular complexity index is 1170. The number of hydrogen-bond acceptors (Lipinski definition) is 5. The molecular weight excluding hydrogens is 511 g/mol. The second-order valence-corrected chi connectivity index (χ2v) is 10.9. The van der Waals surface area contributed by atoms with Gasteiger partial charge in [0.15, 0.2) is 0 Å². The van der Waals surface area contributed by atoms with Crippen molar-refractivity contribution in [3.63, 3.8) is 0 Å². The fraction of sp³-hybridized carbons (Fsp3) is 0.448. The molecular formula is C29H34Cl2N2O4. The van der Waals surface area contributed by atoms with Crippen molar-refractivity contribution in [2.75, 3.05) is 26.7 Å². The Kier molecular flexibility index (Phi) is 8.52. The van der Waals surface area contributed by atoms with Crippen LogP contribution in [0, 0.1) is 0 Å². The van der Waals surface area contributed by atoms with Crippen molar-refractivity contribution in [1.82, 2.24) is 10.2 Å². The molecule has 0 aromatic heterocycles. The Morgan fingerprint density at radius 1 is 1.19 bits per heavy atom. The molecule has 1 saturated heterocycles. The molecule has 8 heteroatoms. The summed E-state index contributed by atoms with van der Waals surface area (Å²) >= 11 is 12.2. The topological polar surface area (TPSA) is 67.9 Å². The van der Waals surface area contributed by atoms with Gasteiger partial charge in [-0.2, -0.15) is 0 Å². The summed E-state index contributed by atoms with van der Waals surface area (Å²) < 4.78 is 11.8. The monoisotopic (exact) mass is 544 g/mol. The molecule has 6 nitrogen and oxygen atoms in total. The number of carbonyl (C=O) groups excluding carboxylic acids is 2. The molecule has 1 N–H and O–H groups in total. The number of methoxy groups -OCH3 is 1. The molecule has 3 atom stereocenters. The molecule has 0 unspecified atom stereocenters. The number of rotatable bonds is 8. The predicted octanol–water partition coefficient (Wildman–Crippen LogP) is 5.34. The molecule has 1 saturated carbocycles.